The third-order valence-corrected chi connectivity index (χ3v) is 3.62. The van der Waals surface area contributed by atoms with Crippen LogP contribution >= 0.6 is 34.2 Å². The van der Waals surface area contributed by atoms with Gasteiger partial charge in [0.15, 0.2) is 0 Å². The van der Waals surface area contributed by atoms with Crippen molar-refractivity contribution in [1.29, 1.82) is 0 Å². The van der Waals surface area contributed by atoms with Crippen LogP contribution in [0.15, 0.2) is 24.3 Å². The number of alkyl halides is 1. The highest BCUT2D eigenvalue weighted by Gasteiger charge is 2.09. The number of hydrogen-bond acceptors (Lipinski definition) is 3. The number of benzene rings is 1. The fourth-order valence-electron chi connectivity index (χ4n) is 1.56. The normalized spacial score (nSPS) is 12.6. The van der Waals surface area contributed by atoms with E-state index in [2.05, 4.69) is 22.6 Å². The molecular formula is C14H20ClIO3. The van der Waals surface area contributed by atoms with E-state index >= 15 is 0 Å². The molecule has 0 fully saturated rings. The molecular weight excluding hydrogens is 379 g/mol. The molecule has 0 aliphatic carbocycles. The fraction of sp³-hybridized carbons (Fsp3) is 0.571. The lowest BCUT2D eigenvalue weighted by Gasteiger charge is -2.16. The summed E-state index contributed by atoms with van der Waals surface area (Å²) in [6.45, 7) is 2.67. The van der Waals surface area contributed by atoms with Gasteiger partial charge in [-0.05, 0) is 24.1 Å². The van der Waals surface area contributed by atoms with Gasteiger partial charge in [0.1, 0.15) is 0 Å². The van der Waals surface area contributed by atoms with Crippen LogP contribution in [0.25, 0.3) is 0 Å². The Hall–Kier alpha value is 0.120. The first-order valence-corrected chi connectivity index (χ1v) is 8.18. The van der Waals surface area contributed by atoms with Gasteiger partial charge in [-0.3, -0.25) is 0 Å². The van der Waals surface area contributed by atoms with Gasteiger partial charge in [-0.1, -0.05) is 46.3 Å². The van der Waals surface area contributed by atoms with Crippen molar-refractivity contribution in [2.75, 3.05) is 38.0 Å². The van der Waals surface area contributed by atoms with E-state index in [1.165, 1.54) is 0 Å². The van der Waals surface area contributed by atoms with Gasteiger partial charge in [-0.15, -0.1) is 0 Å². The minimum atomic E-state index is 0.0976. The smallest absolute Gasteiger partial charge is 0.0915 e. The highest BCUT2D eigenvalue weighted by molar-refractivity contribution is 14.1. The van der Waals surface area contributed by atoms with Gasteiger partial charge < -0.3 is 14.2 Å². The third-order valence-electron chi connectivity index (χ3n) is 2.57. The molecule has 1 unspecified atom stereocenters. The van der Waals surface area contributed by atoms with Crippen molar-refractivity contribution in [1.82, 2.24) is 0 Å². The van der Waals surface area contributed by atoms with Gasteiger partial charge in [0.25, 0.3) is 0 Å². The average Bonchev–Trinajstić information content (AvgIpc) is 2.43. The van der Waals surface area contributed by atoms with Crippen molar-refractivity contribution in [3.63, 3.8) is 0 Å². The number of ether oxygens (including phenoxy) is 3. The van der Waals surface area contributed by atoms with Crippen molar-refractivity contribution in [3.05, 3.63) is 34.9 Å². The Morgan fingerprint density at radius 3 is 2.47 bits per heavy atom. The summed E-state index contributed by atoms with van der Waals surface area (Å²) in [7, 11) is 1.69. The molecule has 0 spiro atoms. The summed E-state index contributed by atoms with van der Waals surface area (Å²) in [5.74, 6) is 0. The van der Waals surface area contributed by atoms with Gasteiger partial charge in [0.2, 0.25) is 0 Å². The second-order valence-corrected chi connectivity index (χ2v) is 5.34. The van der Waals surface area contributed by atoms with E-state index in [0.717, 1.165) is 28.0 Å². The molecule has 1 aromatic rings. The molecule has 0 radical (unpaired) electrons. The van der Waals surface area contributed by atoms with Crippen molar-refractivity contribution in [2.24, 2.45) is 0 Å². The van der Waals surface area contributed by atoms with E-state index in [4.69, 9.17) is 25.8 Å². The van der Waals surface area contributed by atoms with Crippen LogP contribution < -0.4 is 0 Å². The second-order valence-electron chi connectivity index (χ2n) is 4.02. The summed E-state index contributed by atoms with van der Waals surface area (Å²) in [6, 6.07) is 7.79. The quantitative estimate of drug-likeness (QED) is 0.340. The summed E-state index contributed by atoms with van der Waals surface area (Å²) in [5.41, 5.74) is 1.15. The molecule has 3 nitrogen and oxygen atoms in total. The molecule has 19 heavy (non-hydrogen) atoms. The summed E-state index contributed by atoms with van der Waals surface area (Å²) in [4.78, 5) is 0. The van der Waals surface area contributed by atoms with Crippen molar-refractivity contribution in [3.8, 4) is 0 Å². The van der Waals surface area contributed by atoms with E-state index in [1.54, 1.807) is 7.11 Å². The minimum absolute atomic E-state index is 0.0976. The van der Waals surface area contributed by atoms with Gasteiger partial charge >= 0.3 is 0 Å². The summed E-state index contributed by atoms with van der Waals surface area (Å²) in [6.07, 6.45) is 1.02. The van der Waals surface area contributed by atoms with Crippen LogP contribution in [0.3, 0.4) is 0 Å². The van der Waals surface area contributed by atoms with E-state index in [-0.39, 0.29) is 6.10 Å². The van der Waals surface area contributed by atoms with Gasteiger partial charge in [0.05, 0.1) is 19.3 Å². The summed E-state index contributed by atoms with van der Waals surface area (Å²) in [5, 5.41) is 0.748. The maximum Gasteiger partial charge on any atom is 0.0915 e. The minimum Gasteiger partial charge on any atom is -0.385 e. The van der Waals surface area contributed by atoms with Gasteiger partial charge in [-0.2, -0.15) is 0 Å². The first-order valence-electron chi connectivity index (χ1n) is 6.27. The second kappa shape index (κ2) is 10.9. The van der Waals surface area contributed by atoms with Crippen molar-refractivity contribution in [2.45, 2.75) is 12.5 Å². The van der Waals surface area contributed by atoms with Crippen molar-refractivity contribution < 1.29 is 14.2 Å². The predicted octanol–water partition coefficient (Wildman–Crippen LogP) is 3.89. The van der Waals surface area contributed by atoms with E-state index < -0.39 is 0 Å². The fourth-order valence-corrected chi connectivity index (χ4v) is 2.45. The molecule has 0 N–H and O–H groups in total. The van der Waals surface area contributed by atoms with E-state index in [1.807, 2.05) is 24.3 Å². The Kier molecular flexibility index (Phi) is 9.81. The van der Waals surface area contributed by atoms with E-state index in [0.29, 0.717) is 19.8 Å². The Balaban J connectivity index is 2.20. The lowest BCUT2D eigenvalue weighted by Crippen LogP contribution is -2.11. The van der Waals surface area contributed by atoms with Crippen molar-refractivity contribution >= 4 is 34.2 Å². The molecule has 1 aromatic carbocycles. The van der Waals surface area contributed by atoms with Crippen LogP contribution in [0.2, 0.25) is 5.02 Å². The SMILES string of the molecule is COCCCOCCOC(CI)c1ccc(Cl)cc1. The predicted molar refractivity (Wildman–Crippen MR) is 86.3 cm³/mol. The lowest BCUT2D eigenvalue weighted by molar-refractivity contribution is 0.0104. The summed E-state index contributed by atoms with van der Waals surface area (Å²) >= 11 is 8.20. The number of methoxy groups -OCH3 is 1. The molecule has 5 heteroatoms. The average molecular weight is 399 g/mol. The number of rotatable bonds is 10. The Bertz CT molecular complexity index is 332. The first-order chi connectivity index (χ1) is 9.27. The zero-order valence-electron chi connectivity index (χ0n) is 11.1. The zero-order valence-corrected chi connectivity index (χ0v) is 14.0. The number of hydrogen-bond donors (Lipinski definition) is 0. The molecule has 0 aromatic heterocycles. The monoisotopic (exact) mass is 398 g/mol. The Morgan fingerprint density at radius 2 is 1.84 bits per heavy atom. The van der Waals surface area contributed by atoms with Crippen LogP contribution in [-0.2, 0) is 14.2 Å². The maximum atomic E-state index is 5.87. The molecule has 0 amide bonds. The van der Waals surface area contributed by atoms with Crippen LogP contribution in [0.4, 0.5) is 0 Å². The molecule has 0 saturated carbocycles. The largest absolute Gasteiger partial charge is 0.385 e. The molecule has 0 aliphatic rings. The van der Waals surface area contributed by atoms with Crippen LogP contribution in [0.1, 0.15) is 18.1 Å². The molecule has 108 valence electrons. The highest BCUT2D eigenvalue weighted by Crippen LogP contribution is 2.21. The van der Waals surface area contributed by atoms with Crippen LogP contribution in [-0.4, -0.2) is 38.0 Å². The standard InChI is InChI=1S/C14H20ClIO3/c1-17-7-2-8-18-9-10-19-14(11-16)12-3-5-13(15)6-4-12/h3-6,14H,2,7-11H2,1H3. The Labute approximate surface area is 133 Å². The lowest BCUT2D eigenvalue weighted by atomic mass is 10.1. The van der Waals surface area contributed by atoms with Gasteiger partial charge in [0, 0.05) is 29.8 Å². The molecule has 1 atom stereocenters. The molecule has 0 bridgehead atoms. The molecule has 0 heterocycles. The highest BCUT2D eigenvalue weighted by atomic mass is 127. The molecule has 0 aliphatic heterocycles. The van der Waals surface area contributed by atoms with Crippen LogP contribution in [0, 0.1) is 0 Å². The molecule has 1 rings (SSSR count). The van der Waals surface area contributed by atoms with Crippen LogP contribution in [0.5, 0.6) is 0 Å². The zero-order chi connectivity index (χ0) is 13.9. The third kappa shape index (κ3) is 7.46. The first kappa shape index (κ1) is 17.2. The number of halogens is 2. The summed E-state index contributed by atoms with van der Waals surface area (Å²) < 4.78 is 17.1. The maximum absolute atomic E-state index is 5.87. The topological polar surface area (TPSA) is 27.7 Å². The Morgan fingerprint density at radius 1 is 1.11 bits per heavy atom. The molecule has 0 saturated heterocycles. The van der Waals surface area contributed by atoms with Gasteiger partial charge in [-0.25, -0.2) is 0 Å². The van der Waals surface area contributed by atoms with E-state index in [9.17, 15) is 0 Å².